The molecule has 2 rings (SSSR count). The molecule has 0 aliphatic rings. The van der Waals surface area contributed by atoms with E-state index in [0.717, 1.165) is 0 Å². The summed E-state index contributed by atoms with van der Waals surface area (Å²) in [6.07, 6.45) is 0. The fourth-order valence-corrected chi connectivity index (χ4v) is 1.86. The third-order valence-corrected chi connectivity index (χ3v) is 2.83. The lowest BCUT2D eigenvalue weighted by Gasteiger charge is -2.07. The minimum atomic E-state index is -0.391. The molecule has 112 valence electrons. The molecule has 6 nitrogen and oxygen atoms in total. The topological polar surface area (TPSA) is 85.8 Å². The zero-order chi connectivity index (χ0) is 15.4. The molecule has 21 heavy (non-hydrogen) atoms. The fourth-order valence-electron chi connectivity index (χ4n) is 1.86. The maximum absolute atomic E-state index is 13.4. The van der Waals surface area contributed by atoms with Gasteiger partial charge in [-0.25, -0.2) is 14.1 Å². The molecule has 0 radical (unpaired) electrons. The number of benzene rings is 1. The van der Waals surface area contributed by atoms with Crippen LogP contribution in [0.2, 0.25) is 0 Å². The molecule has 2 aromatic rings. The van der Waals surface area contributed by atoms with Crippen molar-refractivity contribution in [1.82, 2.24) is 20.1 Å². The Morgan fingerprint density at radius 3 is 2.86 bits per heavy atom. The molecule has 0 aliphatic heterocycles. The van der Waals surface area contributed by atoms with E-state index in [-0.39, 0.29) is 17.6 Å². The van der Waals surface area contributed by atoms with Gasteiger partial charge in [-0.1, -0.05) is 19.9 Å². The van der Waals surface area contributed by atoms with Crippen molar-refractivity contribution in [1.29, 1.82) is 0 Å². The van der Waals surface area contributed by atoms with Crippen LogP contribution in [0, 0.1) is 5.82 Å². The Kier molecular flexibility index (Phi) is 4.64. The number of carbonyl (C=O) groups is 1. The molecule has 0 fully saturated rings. The van der Waals surface area contributed by atoms with Crippen LogP contribution in [-0.2, 0) is 0 Å². The normalized spacial score (nSPS) is 10.9. The summed E-state index contributed by atoms with van der Waals surface area (Å²) in [4.78, 5) is 16.2. The number of nitrogens with two attached hydrogens (primary N) is 1. The average Bonchev–Trinajstić information content (AvgIpc) is 2.90. The molecule has 0 saturated carbocycles. The van der Waals surface area contributed by atoms with Crippen LogP contribution >= 0.6 is 0 Å². The van der Waals surface area contributed by atoms with Crippen LogP contribution in [0.3, 0.4) is 0 Å². The lowest BCUT2D eigenvalue weighted by molar-refractivity contribution is 0.0944. The summed E-state index contributed by atoms with van der Waals surface area (Å²) in [6, 6.07) is 6.00. The van der Waals surface area contributed by atoms with Crippen LogP contribution in [0.25, 0.3) is 5.69 Å². The van der Waals surface area contributed by atoms with Crippen LogP contribution < -0.4 is 11.1 Å². The number of carbonyl (C=O) groups excluding carboxylic acids is 1. The Morgan fingerprint density at radius 2 is 2.24 bits per heavy atom. The Labute approximate surface area is 122 Å². The van der Waals surface area contributed by atoms with Crippen molar-refractivity contribution in [2.45, 2.75) is 19.8 Å². The number of hydrogen-bond donors (Lipinski definition) is 2. The predicted molar refractivity (Wildman–Crippen MR) is 76.8 cm³/mol. The Balaban J connectivity index is 2.40. The number of nitrogens with one attached hydrogen (secondary N) is 1. The van der Waals surface area contributed by atoms with E-state index in [1.54, 1.807) is 12.1 Å². The summed E-state index contributed by atoms with van der Waals surface area (Å²) in [5.41, 5.74) is 5.88. The summed E-state index contributed by atoms with van der Waals surface area (Å²) >= 11 is 0. The summed E-state index contributed by atoms with van der Waals surface area (Å²) in [7, 11) is 0. The van der Waals surface area contributed by atoms with E-state index in [2.05, 4.69) is 15.4 Å². The van der Waals surface area contributed by atoms with E-state index >= 15 is 0 Å². The first-order valence-corrected chi connectivity index (χ1v) is 6.74. The summed E-state index contributed by atoms with van der Waals surface area (Å²) in [5.74, 6) is -0.0731. The summed E-state index contributed by atoms with van der Waals surface area (Å²) in [5, 5.41) is 6.80. The van der Waals surface area contributed by atoms with Gasteiger partial charge in [-0.05, 0) is 18.2 Å². The van der Waals surface area contributed by atoms with E-state index < -0.39 is 5.91 Å². The van der Waals surface area contributed by atoms with Gasteiger partial charge in [-0.3, -0.25) is 4.79 Å². The number of rotatable bonds is 5. The van der Waals surface area contributed by atoms with Gasteiger partial charge < -0.3 is 11.1 Å². The molecule has 0 aliphatic carbocycles. The van der Waals surface area contributed by atoms with Gasteiger partial charge in [0.25, 0.3) is 5.91 Å². The van der Waals surface area contributed by atoms with Gasteiger partial charge in [-0.15, -0.1) is 5.10 Å². The van der Waals surface area contributed by atoms with Gasteiger partial charge in [0.2, 0.25) is 5.82 Å². The van der Waals surface area contributed by atoms with Crippen molar-refractivity contribution < 1.29 is 9.18 Å². The molecule has 0 atom stereocenters. The molecule has 1 aromatic carbocycles. The summed E-state index contributed by atoms with van der Waals surface area (Å²) in [6.45, 7) is 4.56. The zero-order valence-electron chi connectivity index (χ0n) is 12.0. The van der Waals surface area contributed by atoms with E-state index in [1.165, 1.54) is 16.8 Å². The molecular formula is C14H18FN5O. The van der Waals surface area contributed by atoms with Crippen LogP contribution in [-0.4, -0.2) is 33.8 Å². The fraction of sp³-hybridized carbons (Fsp3) is 0.357. The number of halogens is 1. The van der Waals surface area contributed by atoms with Gasteiger partial charge in [0.15, 0.2) is 0 Å². The van der Waals surface area contributed by atoms with Crippen LogP contribution in [0.4, 0.5) is 4.39 Å². The smallest absolute Gasteiger partial charge is 0.291 e. The highest BCUT2D eigenvalue weighted by atomic mass is 19.1. The molecule has 0 unspecified atom stereocenters. The van der Waals surface area contributed by atoms with Crippen molar-refractivity contribution >= 4 is 5.91 Å². The van der Waals surface area contributed by atoms with E-state index in [4.69, 9.17) is 5.73 Å². The first kappa shape index (κ1) is 15.1. The van der Waals surface area contributed by atoms with Gasteiger partial charge in [-0.2, -0.15) is 0 Å². The maximum Gasteiger partial charge on any atom is 0.291 e. The molecule has 1 heterocycles. The number of amides is 1. The zero-order valence-corrected chi connectivity index (χ0v) is 12.0. The third kappa shape index (κ3) is 3.43. The highest BCUT2D eigenvalue weighted by Gasteiger charge is 2.19. The molecule has 0 spiro atoms. The average molecular weight is 291 g/mol. The monoisotopic (exact) mass is 291 g/mol. The van der Waals surface area contributed by atoms with Crippen molar-refractivity contribution in [2.75, 3.05) is 13.1 Å². The van der Waals surface area contributed by atoms with Crippen molar-refractivity contribution in [3.8, 4) is 5.69 Å². The minimum absolute atomic E-state index is 0.0387. The number of nitrogens with zero attached hydrogens (tertiary/aromatic N) is 3. The lowest BCUT2D eigenvalue weighted by atomic mass is 10.2. The highest BCUT2D eigenvalue weighted by molar-refractivity contribution is 5.90. The maximum atomic E-state index is 13.4. The number of hydrogen-bond acceptors (Lipinski definition) is 4. The number of aromatic nitrogens is 3. The first-order chi connectivity index (χ1) is 10.0. The first-order valence-electron chi connectivity index (χ1n) is 6.74. The van der Waals surface area contributed by atoms with Crippen molar-refractivity contribution in [3.05, 3.63) is 41.7 Å². The largest absolute Gasteiger partial charge is 0.348 e. The van der Waals surface area contributed by atoms with E-state index in [9.17, 15) is 9.18 Å². The van der Waals surface area contributed by atoms with Gasteiger partial charge >= 0.3 is 0 Å². The van der Waals surface area contributed by atoms with Crippen molar-refractivity contribution in [2.24, 2.45) is 5.73 Å². The predicted octanol–water partition coefficient (Wildman–Crippen LogP) is 1.22. The second kappa shape index (κ2) is 6.45. The second-order valence-corrected chi connectivity index (χ2v) is 4.88. The molecule has 7 heteroatoms. The van der Waals surface area contributed by atoms with Crippen molar-refractivity contribution in [3.63, 3.8) is 0 Å². The Morgan fingerprint density at radius 1 is 1.48 bits per heavy atom. The quantitative estimate of drug-likeness (QED) is 0.867. The summed E-state index contributed by atoms with van der Waals surface area (Å²) < 4.78 is 14.9. The van der Waals surface area contributed by atoms with Gasteiger partial charge in [0, 0.05) is 19.0 Å². The molecule has 3 N–H and O–H groups in total. The molecule has 1 aromatic heterocycles. The van der Waals surface area contributed by atoms with Crippen LogP contribution in [0.15, 0.2) is 24.3 Å². The molecule has 1 amide bonds. The molecule has 0 saturated heterocycles. The van der Waals surface area contributed by atoms with E-state index in [0.29, 0.717) is 24.6 Å². The minimum Gasteiger partial charge on any atom is -0.348 e. The SMILES string of the molecule is CC(C)c1nc(C(=O)NCCN)nn1-c1cccc(F)c1. The third-order valence-electron chi connectivity index (χ3n) is 2.83. The van der Waals surface area contributed by atoms with Gasteiger partial charge in [0.1, 0.15) is 11.6 Å². The standard InChI is InChI=1S/C14H18FN5O/c1-9(2)13-18-12(14(21)17-7-6-16)19-20(13)11-5-3-4-10(15)8-11/h3-5,8-9H,6-7,16H2,1-2H3,(H,17,21). The Hall–Kier alpha value is -2.28. The van der Waals surface area contributed by atoms with Crippen LogP contribution in [0.5, 0.6) is 0 Å². The highest BCUT2D eigenvalue weighted by Crippen LogP contribution is 2.18. The van der Waals surface area contributed by atoms with E-state index in [1.807, 2.05) is 13.8 Å². The Bertz CT molecular complexity index is 638. The van der Waals surface area contributed by atoms with Gasteiger partial charge in [0.05, 0.1) is 5.69 Å². The molecule has 0 bridgehead atoms. The lowest BCUT2D eigenvalue weighted by Crippen LogP contribution is -2.29. The second-order valence-electron chi connectivity index (χ2n) is 4.88. The molecular weight excluding hydrogens is 273 g/mol. The van der Waals surface area contributed by atoms with Crippen LogP contribution in [0.1, 0.15) is 36.2 Å².